The summed E-state index contributed by atoms with van der Waals surface area (Å²) in [4.78, 5) is 29.1. The van der Waals surface area contributed by atoms with Crippen LogP contribution in [0.15, 0.2) is 29.3 Å². The van der Waals surface area contributed by atoms with E-state index in [0.29, 0.717) is 43.3 Å². The number of hydrogen-bond acceptors (Lipinski definition) is 3. The molecule has 2 amide bonds. The molecule has 0 spiro atoms. The summed E-state index contributed by atoms with van der Waals surface area (Å²) in [7, 11) is 0. The lowest BCUT2D eigenvalue weighted by atomic mass is 9.73. The van der Waals surface area contributed by atoms with Crippen LogP contribution in [0.1, 0.15) is 102 Å². The molecular weight excluding hydrogens is 462 g/mol. The van der Waals surface area contributed by atoms with Gasteiger partial charge in [-0.1, -0.05) is 102 Å². The first-order chi connectivity index (χ1) is 17.9. The summed E-state index contributed by atoms with van der Waals surface area (Å²) in [5, 5.41) is 9.15. The smallest absolute Gasteiger partial charge is 0.315 e. The van der Waals surface area contributed by atoms with Crippen LogP contribution in [-0.2, 0) is 17.9 Å². The Labute approximate surface area is 223 Å². The summed E-state index contributed by atoms with van der Waals surface area (Å²) in [5.41, 5.74) is 7.82. The van der Waals surface area contributed by atoms with Gasteiger partial charge in [-0.25, -0.2) is 9.79 Å². The monoisotopic (exact) mass is 511 g/mol. The van der Waals surface area contributed by atoms with Crippen LogP contribution in [0.3, 0.4) is 0 Å². The molecule has 0 heterocycles. The zero-order valence-electron chi connectivity index (χ0n) is 23.1. The molecule has 206 valence electrons. The molecule has 0 aromatic heterocycles. The molecule has 2 aliphatic carbocycles. The van der Waals surface area contributed by atoms with Gasteiger partial charge in [0.25, 0.3) is 0 Å². The fourth-order valence-corrected chi connectivity index (χ4v) is 5.90. The van der Waals surface area contributed by atoms with Crippen LogP contribution in [0.2, 0.25) is 0 Å². The molecule has 37 heavy (non-hydrogen) atoms. The lowest BCUT2D eigenvalue weighted by molar-refractivity contribution is -0.114. The Morgan fingerprint density at radius 1 is 0.946 bits per heavy atom. The minimum Gasteiger partial charge on any atom is -0.370 e. The highest BCUT2D eigenvalue weighted by Crippen LogP contribution is 2.36. The minimum absolute atomic E-state index is 0.152. The molecule has 7 nitrogen and oxygen atoms in total. The van der Waals surface area contributed by atoms with E-state index in [4.69, 9.17) is 5.73 Å². The molecule has 0 bridgehead atoms. The molecule has 7 heteroatoms. The van der Waals surface area contributed by atoms with Gasteiger partial charge < -0.3 is 26.5 Å². The average molecular weight is 512 g/mol. The molecule has 0 atom stereocenters. The third-order valence-electron chi connectivity index (χ3n) is 7.94. The SMILES string of the molecule is CC(C)CNC(=O)NCc1ccc(CN=C(N)NC(C=O)(CC2CCCCC2)CC2CCCCC2)cc1. The number of benzene rings is 1. The van der Waals surface area contributed by atoms with Crippen molar-refractivity contribution in [3.63, 3.8) is 0 Å². The number of aliphatic imine (C=N–C) groups is 1. The van der Waals surface area contributed by atoms with Gasteiger partial charge in [0.1, 0.15) is 6.29 Å². The predicted molar refractivity (Wildman–Crippen MR) is 151 cm³/mol. The van der Waals surface area contributed by atoms with Crippen LogP contribution in [0.4, 0.5) is 4.79 Å². The first-order valence-electron chi connectivity index (χ1n) is 14.5. The molecule has 3 rings (SSSR count). The van der Waals surface area contributed by atoms with Crippen molar-refractivity contribution in [2.24, 2.45) is 28.5 Å². The molecule has 1 aromatic carbocycles. The lowest BCUT2D eigenvalue weighted by Crippen LogP contribution is -2.55. The number of nitrogens with zero attached hydrogens (tertiary/aromatic N) is 1. The standard InChI is InChI=1S/C30H49N5O2/c1-23(2)19-33-29(37)34-21-27-15-13-26(14-16-27)20-32-28(31)35-30(22-36,17-24-9-5-3-6-10-24)18-25-11-7-4-8-12-25/h13-16,22-25H,3-12,17-21H2,1-2H3,(H3,31,32,35)(H2,33,34,37). The van der Waals surface area contributed by atoms with Gasteiger partial charge in [-0.05, 0) is 41.7 Å². The number of amides is 2. The lowest BCUT2D eigenvalue weighted by Gasteiger charge is -2.38. The van der Waals surface area contributed by atoms with E-state index in [1.165, 1.54) is 64.2 Å². The highest BCUT2D eigenvalue weighted by Gasteiger charge is 2.36. The molecule has 0 saturated heterocycles. The summed E-state index contributed by atoms with van der Waals surface area (Å²) >= 11 is 0. The number of carbonyl (C=O) groups excluding carboxylic acids is 2. The molecule has 0 aliphatic heterocycles. The second-order valence-corrected chi connectivity index (χ2v) is 11.8. The molecule has 2 aliphatic rings. The number of hydrogen-bond donors (Lipinski definition) is 4. The first kappa shape index (κ1) is 29.0. The third-order valence-corrected chi connectivity index (χ3v) is 7.94. The first-order valence-corrected chi connectivity index (χ1v) is 14.5. The maximum Gasteiger partial charge on any atom is 0.315 e. The third kappa shape index (κ3) is 10.4. The van der Waals surface area contributed by atoms with Crippen molar-refractivity contribution in [1.82, 2.24) is 16.0 Å². The van der Waals surface area contributed by atoms with Crippen molar-refractivity contribution in [2.75, 3.05) is 6.54 Å². The quantitative estimate of drug-likeness (QED) is 0.171. The predicted octanol–water partition coefficient (Wildman–Crippen LogP) is 5.42. The maximum atomic E-state index is 12.6. The molecule has 2 fully saturated rings. The normalized spacial score (nSPS) is 18.0. The zero-order chi connectivity index (χ0) is 26.5. The van der Waals surface area contributed by atoms with Crippen molar-refractivity contribution in [2.45, 2.75) is 110 Å². The summed E-state index contributed by atoms with van der Waals surface area (Å²) in [6.45, 7) is 5.71. The number of guanidine groups is 1. The van der Waals surface area contributed by atoms with Crippen LogP contribution in [0, 0.1) is 17.8 Å². The molecule has 1 aromatic rings. The summed E-state index contributed by atoms with van der Waals surface area (Å²) in [6.07, 6.45) is 15.4. The Hall–Kier alpha value is -2.57. The number of nitrogens with two attached hydrogens (primary N) is 1. The van der Waals surface area contributed by atoms with Crippen molar-refractivity contribution in [1.29, 1.82) is 0 Å². The second kappa shape index (κ2) is 15.0. The van der Waals surface area contributed by atoms with Gasteiger partial charge in [-0.3, -0.25) is 0 Å². The summed E-state index contributed by atoms with van der Waals surface area (Å²) < 4.78 is 0. The van der Waals surface area contributed by atoms with Crippen LogP contribution in [0.5, 0.6) is 0 Å². The van der Waals surface area contributed by atoms with E-state index in [2.05, 4.69) is 34.8 Å². The number of carbonyl (C=O) groups is 2. The van der Waals surface area contributed by atoms with Gasteiger partial charge in [0.05, 0.1) is 12.1 Å². The number of rotatable bonds is 12. The van der Waals surface area contributed by atoms with E-state index in [1.807, 2.05) is 24.3 Å². The summed E-state index contributed by atoms with van der Waals surface area (Å²) in [6, 6.07) is 7.87. The fraction of sp³-hybridized carbons (Fsp3) is 0.700. The number of urea groups is 1. The van der Waals surface area contributed by atoms with Crippen molar-refractivity contribution in [3.8, 4) is 0 Å². The van der Waals surface area contributed by atoms with Gasteiger partial charge in [-0.15, -0.1) is 0 Å². The molecule has 0 radical (unpaired) electrons. The maximum absolute atomic E-state index is 12.6. The molecular formula is C30H49N5O2. The molecule has 2 saturated carbocycles. The van der Waals surface area contributed by atoms with E-state index >= 15 is 0 Å². The van der Waals surface area contributed by atoms with Crippen LogP contribution < -0.4 is 21.7 Å². The Kier molecular flexibility index (Phi) is 11.7. The zero-order valence-corrected chi connectivity index (χ0v) is 23.1. The van der Waals surface area contributed by atoms with E-state index in [9.17, 15) is 9.59 Å². The van der Waals surface area contributed by atoms with E-state index in [0.717, 1.165) is 30.3 Å². The fourth-order valence-electron chi connectivity index (χ4n) is 5.90. The van der Waals surface area contributed by atoms with Crippen molar-refractivity contribution < 1.29 is 9.59 Å². The Bertz CT molecular complexity index is 835. The summed E-state index contributed by atoms with van der Waals surface area (Å²) in [5.74, 6) is 1.93. The van der Waals surface area contributed by atoms with Crippen molar-refractivity contribution in [3.05, 3.63) is 35.4 Å². The number of nitrogens with one attached hydrogen (secondary N) is 3. The van der Waals surface area contributed by atoms with Gasteiger partial charge in [0.2, 0.25) is 0 Å². The second-order valence-electron chi connectivity index (χ2n) is 11.8. The largest absolute Gasteiger partial charge is 0.370 e. The highest BCUT2D eigenvalue weighted by molar-refractivity contribution is 5.83. The van der Waals surface area contributed by atoms with Crippen LogP contribution in [-0.4, -0.2) is 30.4 Å². The topological polar surface area (TPSA) is 109 Å². The Morgan fingerprint density at radius 3 is 2.00 bits per heavy atom. The van der Waals surface area contributed by atoms with Gasteiger partial charge in [0, 0.05) is 13.1 Å². The molecule has 5 N–H and O–H groups in total. The van der Waals surface area contributed by atoms with Gasteiger partial charge >= 0.3 is 6.03 Å². The Morgan fingerprint density at radius 2 is 1.49 bits per heavy atom. The minimum atomic E-state index is -0.622. The highest BCUT2D eigenvalue weighted by atomic mass is 16.2. The van der Waals surface area contributed by atoms with E-state index in [1.54, 1.807) is 0 Å². The molecule has 0 unspecified atom stereocenters. The van der Waals surface area contributed by atoms with Gasteiger partial charge in [0.15, 0.2) is 5.96 Å². The average Bonchev–Trinajstić information content (AvgIpc) is 2.91. The van der Waals surface area contributed by atoms with Crippen LogP contribution in [0.25, 0.3) is 0 Å². The Balaban J connectivity index is 1.57. The number of aldehydes is 1. The van der Waals surface area contributed by atoms with E-state index in [-0.39, 0.29) is 6.03 Å². The van der Waals surface area contributed by atoms with Crippen LogP contribution >= 0.6 is 0 Å². The van der Waals surface area contributed by atoms with E-state index < -0.39 is 5.54 Å². The van der Waals surface area contributed by atoms with Gasteiger partial charge in [-0.2, -0.15) is 0 Å². The van der Waals surface area contributed by atoms with Crippen molar-refractivity contribution >= 4 is 18.3 Å².